The molecule has 0 spiro atoms. The van der Waals surface area contributed by atoms with E-state index in [1.165, 1.54) is 0 Å². The summed E-state index contributed by atoms with van der Waals surface area (Å²) in [4.78, 5) is 32.1. The molecule has 1 rings (SSSR count). The number of unbranched alkanes of at least 4 members (excludes halogenated alkanes) is 1. The van der Waals surface area contributed by atoms with Crippen molar-refractivity contribution in [1.82, 2.24) is 0 Å². The van der Waals surface area contributed by atoms with Gasteiger partial charge in [0.25, 0.3) is 0 Å². The topological polar surface area (TPSA) is 71.4 Å². The Balaban J connectivity index is 2.39. The monoisotopic (exact) mass is 198 g/mol. The molecule has 4 heteroatoms. The van der Waals surface area contributed by atoms with Crippen molar-refractivity contribution in [2.45, 2.75) is 32.1 Å². The maximum Gasteiger partial charge on any atom is 0.314 e. The van der Waals surface area contributed by atoms with Crippen molar-refractivity contribution in [1.29, 1.82) is 0 Å². The van der Waals surface area contributed by atoms with Gasteiger partial charge in [-0.05, 0) is 25.7 Å². The number of carbonyl (C=O) groups is 3. The fourth-order valence-electron chi connectivity index (χ4n) is 1.92. The molecule has 0 saturated heterocycles. The minimum Gasteiger partial charge on any atom is -0.481 e. The molecule has 0 bridgehead atoms. The van der Waals surface area contributed by atoms with Crippen LogP contribution in [0, 0.1) is 11.8 Å². The Labute approximate surface area is 82.3 Å². The molecular weight excluding hydrogens is 184 g/mol. The average Bonchev–Trinajstić information content (AvgIpc) is 2.48. The summed E-state index contributed by atoms with van der Waals surface area (Å²) in [6.07, 6.45) is 3.75. The highest BCUT2D eigenvalue weighted by molar-refractivity contribution is 6.00. The highest BCUT2D eigenvalue weighted by Gasteiger charge is 2.37. The van der Waals surface area contributed by atoms with Gasteiger partial charge in [0.2, 0.25) is 0 Å². The first kappa shape index (κ1) is 10.9. The Morgan fingerprint density at radius 1 is 1.50 bits per heavy atom. The second kappa shape index (κ2) is 4.88. The summed E-state index contributed by atoms with van der Waals surface area (Å²) >= 11 is 0. The van der Waals surface area contributed by atoms with Gasteiger partial charge in [-0.1, -0.05) is 0 Å². The van der Waals surface area contributed by atoms with Crippen LogP contribution < -0.4 is 0 Å². The van der Waals surface area contributed by atoms with Crippen molar-refractivity contribution in [3.8, 4) is 0 Å². The first-order chi connectivity index (χ1) is 6.66. The minimum absolute atomic E-state index is 0.129. The van der Waals surface area contributed by atoms with Crippen LogP contribution in [0.3, 0.4) is 0 Å². The third kappa shape index (κ3) is 2.40. The van der Waals surface area contributed by atoms with Gasteiger partial charge in [-0.25, -0.2) is 0 Å². The second-order valence-corrected chi connectivity index (χ2v) is 3.67. The molecule has 14 heavy (non-hydrogen) atoms. The molecule has 78 valence electrons. The van der Waals surface area contributed by atoms with Crippen molar-refractivity contribution >= 4 is 18.0 Å². The fourth-order valence-corrected chi connectivity index (χ4v) is 1.92. The van der Waals surface area contributed by atoms with E-state index in [0.29, 0.717) is 32.1 Å². The van der Waals surface area contributed by atoms with E-state index >= 15 is 0 Å². The van der Waals surface area contributed by atoms with Crippen LogP contribution >= 0.6 is 0 Å². The number of carboxylic acid groups (broad SMARTS) is 1. The fraction of sp³-hybridized carbons (Fsp3) is 0.700. The molecule has 0 aromatic rings. The third-order valence-electron chi connectivity index (χ3n) is 2.72. The summed E-state index contributed by atoms with van der Waals surface area (Å²) in [5.74, 6) is -2.08. The number of aliphatic carboxylic acids is 1. The number of hydrogen-bond acceptors (Lipinski definition) is 3. The zero-order chi connectivity index (χ0) is 10.6. The molecule has 0 radical (unpaired) electrons. The first-order valence-corrected chi connectivity index (χ1v) is 4.87. The van der Waals surface area contributed by atoms with E-state index in [-0.39, 0.29) is 11.7 Å². The van der Waals surface area contributed by atoms with Crippen molar-refractivity contribution in [2.75, 3.05) is 0 Å². The normalized spacial score (nSPS) is 26.4. The van der Waals surface area contributed by atoms with E-state index in [0.717, 1.165) is 6.29 Å². The van der Waals surface area contributed by atoms with Crippen LogP contribution in [0.4, 0.5) is 0 Å². The molecule has 2 unspecified atom stereocenters. The van der Waals surface area contributed by atoms with Gasteiger partial charge in [-0.2, -0.15) is 0 Å². The molecule has 1 N–H and O–H groups in total. The zero-order valence-electron chi connectivity index (χ0n) is 7.94. The Hall–Kier alpha value is -1.19. The van der Waals surface area contributed by atoms with E-state index < -0.39 is 11.9 Å². The van der Waals surface area contributed by atoms with Gasteiger partial charge in [0, 0.05) is 12.3 Å². The average molecular weight is 198 g/mol. The molecule has 4 nitrogen and oxygen atoms in total. The van der Waals surface area contributed by atoms with Gasteiger partial charge < -0.3 is 9.90 Å². The van der Waals surface area contributed by atoms with Crippen molar-refractivity contribution in [3.63, 3.8) is 0 Å². The Morgan fingerprint density at radius 2 is 2.21 bits per heavy atom. The van der Waals surface area contributed by atoms with Gasteiger partial charge >= 0.3 is 5.97 Å². The second-order valence-electron chi connectivity index (χ2n) is 3.67. The van der Waals surface area contributed by atoms with Gasteiger partial charge in [0.05, 0.1) is 0 Å². The number of rotatable bonds is 5. The molecular formula is C10H14O4. The highest BCUT2D eigenvalue weighted by Crippen LogP contribution is 2.30. The van der Waals surface area contributed by atoms with Crippen molar-refractivity contribution in [2.24, 2.45) is 11.8 Å². The van der Waals surface area contributed by atoms with Crippen molar-refractivity contribution < 1.29 is 19.5 Å². The van der Waals surface area contributed by atoms with Gasteiger partial charge in [0.1, 0.15) is 18.0 Å². The van der Waals surface area contributed by atoms with E-state index in [9.17, 15) is 14.4 Å². The number of hydrogen-bond donors (Lipinski definition) is 1. The summed E-state index contributed by atoms with van der Waals surface area (Å²) in [6.45, 7) is 0. The van der Waals surface area contributed by atoms with Crippen LogP contribution in [0.15, 0.2) is 0 Å². The van der Waals surface area contributed by atoms with Crippen LogP contribution in [-0.4, -0.2) is 23.1 Å². The minimum atomic E-state index is -1.01. The largest absolute Gasteiger partial charge is 0.481 e. The Bertz CT molecular complexity index is 247. The van der Waals surface area contributed by atoms with E-state index in [4.69, 9.17) is 5.11 Å². The smallest absolute Gasteiger partial charge is 0.314 e. The predicted molar refractivity (Wildman–Crippen MR) is 48.8 cm³/mol. The number of carboxylic acids is 1. The van der Waals surface area contributed by atoms with E-state index in [2.05, 4.69) is 0 Å². The van der Waals surface area contributed by atoms with Crippen LogP contribution in [0.2, 0.25) is 0 Å². The first-order valence-electron chi connectivity index (χ1n) is 4.87. The maximum absolute atomic E-state index is 11.5. The third-order valence-corrected chi connectivity index (χ3v) is 2.72. The lowest BCUT2D eigenvalue weighted by Gasteiger charge is -2.06. The molecule has 1 aliphatic carbocycles. The Morgan fingerprint density at radius 3 is 2.71 bits per heavy atom. The molecule has 0 amide bonds. The van der Waals surface area contributed by atoms with Crippen LogP contribution in [-0.2, 0) is 14.4 Å². The van der Waals surface area contributed by atoms with Crippen LogP contribution in [0.5, 0.6) is 0 Å². The van der Waals surface area contributed by atoms with Crippen molar-refractivity contribution in [3.05, 3.63) is 0 Å². The lowest BCUT2D eigenvalue weighted by Crippen LogP contribution is -2.21. The van der Waals surface area contributed by atoms with Gasteiger partial charge in [-0.3, -0.25) is 9.59 Å². The Kier molecular flexibility index (Phi) is 3.80. The molecule has 0 aromatic heterocycles. The lowest BCUT2D eigenvalue weighted by molar-refractivity contribution is -0.145. The standard InChI is InChI=1S/C10H14O4/c11-6-2-1-3-7-4-5-8(9(7)12)10(13)14/h6-8H,1-5H2,(H,13,14). The lowest BCUT2D eigenvalue weighted by atomic mass is 9.97. The molecule has 0 aliphatic heterocycles. The zero-order valence-corrected chi connectivity index (χ0v) is 7.94. The van der Waals surface area contributed by atoms with Gasteiger partial charge in [0.15, 0.2) is 0 Å². The molecule has 1 saturated carbocycles. The number of ketones is 1. The molecule has 0 aromatic carbocycles. The number of carbonyl (C=O) groups excluding carboxylic acids is 2. The highest BCUT2D eigenvalue weighted by atomic mass is 16.4. The molecule has 2 atom stereocenters. The number of aldehydes is 1. The van der Waals surface area contributed by atoms with Gasteiger partial charge in [-0.15, -0.1) is 0 Å². The number of Topliss-reactive ketones (excluding diaryl/α,β-unsaturated/α-hetero) is 1. The SMILES string of the molecule is O=CCCCC1CCC(C(=O)O)C1=O. The summed E-state index contributed by atoms with van der Waals surface area (Å²) in [6, 6.07) is 0. The van der Waals surface area contributed by atoms with E-state index in [1.807, 2.05) is 0 Å². The summed E-state index contributed by atoms with van der Waals surface area (Å²) in [7, 11) is 0. The summed E-state index contributed by atoms with van der Waals surface area (Å²) in [5.41, 5.74) is 0. The van der Waals surface area contributed by atoms with Crippen LogP contribution in [0.1, 0.15) is 32.1 Å². The van der Waals surface area contributed by atoms with Crippen LogP contribution in [0.25, 0.3) is 0 Å². The predicted octanol–water partition coefficient (Wildman–Crippen LogP) is 1.04. The summed E-state index contributed by atoms with van der Waals surface area (Å²) in [5, 5.41) is 8.70. The summed E-state index contributed by atoms with van der Waals surface area (Å²) < 4.78 is 0. The molecule has 1 aliphatic rings. The quantitative estimate of drug-likeness (QED) is 0.407. The molecule has 0 heterocycles. The maximum atomic E-state index is 11.5. The molecule has 1 fully saturated rings. The van der Waals surface area contributed by atoms with E-state index in [1.54, 1.807) is 0 Å².